The molecular weight excluding hydrogens is 724 g/mol. The molecule has 1 fully saturated rings. The first kappa shape index (κ1) is 38.4. The van der Waals surface area contributed by atoms with Crippen LogP contribution in [-0.2, 0) is 34.9 Å². The number of rotatable bonds is 10. The van der Waals surface area contributed by atoms with Crippen LogP contribution in [0.3, 0.4) is 0 Å². The van der Waals surface area contributed by atoms with Crippen molar-refractivity contribution in [2.75, 3.05) is 6.54 Å². The van der Waals surface area contributed by atoms with E-state index >= 15 is 4.79 Å². The van der Waals surface area contributed by atoms with Gasteiger partial charge in [0, 0.05) is 48.2 Å². The third kappa shape index (κ3) is 7.98. The number of benzene rings is 1. The maximum atomic E-state index is 15.3. The highest BCUT2D eigenvalue weighted by atomic mass is 35.5. The van der Waals surface area contributed by atoms with Gasteiger partial charge in [-0.15, -0.1) is 11.3 Å². The molecule has 1 N–H and O–H groups in total. The Hall–Kier alpha value is -3.85. The molecule has 2 aliphatic heterocycles. The van der Waals surface area contributed by atoms with Gasteiger partial charge in [-0.25, -0.2) is 0 Å². The van der Waals surface area contributed by atoms with Crippen LogP contribution in [0.5, 0.6) is 5.75 Å². The third-order valence-electron chi connectivity index (χ3n) is 9.58. The average molecular weight is 760 g/mol. The zero-order valence-corrected chi connectivity index (χ0v) is 29.3. The summed E-state index contributed by atoms with van der Waals surface area (Å²) in [5.41, 5.74) is -2.71. The first-order valence-corrected chi connectivity index (χ1v) is 17.7. The molecule has 51 heavy (non-hydrogen) atoms. The summed E-state index contributed by atoms with van der Waals surface area (Å²) in [4.78, 5) is 47.0. The number of pyridine rings is 1. The van der Waals surface area contributed by atoms with E-state index < -0.39 is 69.9 Å². The number of carbonyl (C=O) groups is 3. The van der Waals surface area contributed by atoms with Crippen LogP contribution in [0, 0.1) is 5.92 Å². The lowest BCUT2D eigenvalue weighted by molar-refractivity contribution is -0.164. The minimum atomic E-state index is -4.93. The standard InChI is InChI=1S/C35H36ClF6N3O5S/c1-3-7-27-33(50-25-17-28(51-19-25)35(40,41)42,11-6-13-44(27)30(46)29-26(34(37,38)39)8-5-12-43-29)32(49)45-18-21-9-10-23(36)14-22(21)16-24(45)15-20(4-2)31(47)48/h5,8-10,12,14,17,19-20,24,27H,3-4,6-7,11,13,15-16,18H2,1-2H3,(H,47,48)/t20-,24-,27+,33-/m0/s1. The number of hydrogen-bond donors (Lipinski definition) is 1. The molecule has 0 saturated carbocycles. The minimum absolute atomic E-state index is 0.0279. The number of fused-ring (bicyclic) bond motifs is 1. The minimum Gasteiger partial charge on any atom is -0.481 e. The Labute approximate surface area is 299 Å². The van der Waals surface area contributed by atoms with Gasteiger partial charge in [0.2, 0.25) is 5.60 Å². The Bertz CT molecular complexity index is 1770. The van der Waals surface area contributed by atoms with E-state index in [0.717, 1.165) is 40.2 Å². The molecule has 3 aromatic rings. The molecular formula is C35H36ClF6N3O5S. The van der Waals surface area contributed by atoms with E-state index in [-0.39, 0.29) is 57.4 Å². The van der Waals surface area contributed by atoms with E-state index in [0.29, 0.717) is 28.3 Å². The summed E-state index contributed by atoms with van der Waals surface area (Å²) in [6, 6.07) is 5.67. The van der Waals surface area contributed by atoms with Gasteiger partial charge in [-0.3, -0.25) is 19.4 Å². The number of aromatic nitrogens is 1. The van der Waals surface area contributed by atoms with Crippen molar-refractivity contribution in [1.29, 1.82) is 0 Å². The Morgan fingerprint density at radius 1 is 1.08 bits per heavy atom. The first-order chi connectivity index (χ1) is 24.0. The van der Waals surface area contributed by atoms with Crippen LogP contribution in [0.2, 0.25) is 5.02 Å². The number of ether oxygens (including phenoxy) is 1. The smallest absolute Gasteiger partial charge is 0.425 e. The van der Waals surface area contributed by atoms with Gasteiger partial charge >= 0.3 is 18.3 Å². The van der Waals surface area contributed by atoms with Crippen molar-refractivity contribution in [3.63, 3.8) is 0 Å². The number of halogens is 7. The zero-order chi connectivity index (χ0) is 37.3. The number of piperidine rings is 1. The number of aliphatic carboxylic acids is 1. The fourth-order valence-corrected chi connectivity index (χ4v) is 8.02. The Balaban J connectivity index is 1.66. The number of nitrogens with zero attached hydrogens (tertiary/aromatic N) is 3. The topological polar surface area (TPSA) is 100 Å². The Morgan fingerprint density at radius 3 is 2.45 bits per heavy atom. The monoisotopic (exact) mass is 759 g/mol. The summed E-state index contributed by atoms with van der Waals surface area (Å²) in [5, 5.41) is 11.5. The van der Waals surface area contributed by atoms with Gasteiger partial charge in [0.15, 0.2) is 0 Å². The fourth-order valence-electron chi connectivity index (χ4n) is 7.15. The molecule has 8 nitrogen and oxygen atoms in total. The predicted molar refractivity (Wildman–Crippen MR) is 176 cm³/mol. The lowest BCUT2D eigenvalue weighted by Gasteiger charge is -2.51. The summed E-state index contributed by atoms with van der Waals surface area (Å²) >= 11 is 6.63. The average Bonchev–Trinajstić information content (AvgIpc) is 3.55. The molecule has 1 saturated heterocycles. The lowest BCUT2D eigenvalue weighted by Crippen LogP contribution is -2.69. The molecule has 5 rings (SSSR count). The Kier molecular flexibility index (Phi) is 11.3. The van der Waals surface area contributed by atoms with Gasteiger partial charge in [0.05, 0.1) is 17.5 Å². The van der Waals surface area contributed by atoms with Crippen LogP contribution in [0.25, 0.3) is 0 Å². The highest BCUT2D eigenvalue weighted by Crippen LogP contribution is 2.44. The quantitative estimate of drug-likeness (QED) is 0.208. The van der Waals surface area contributed by atoms with Crippen molar-refractivity contribution >= 4 is 40.7 Å². The maximum Gasteiger partial charge on any atom is 0.425 e. The largest absolute Gasteiger partial charge is 0.481 e. The summed E-state index contributed by atoms with van der Waals surface area (Å²) in [6.07, 6.45) is -7.78. The van der Waals surface area contributed by atoms with Crippen molar-refractivity contribution in [3.05, 3.63) is 80.3 Å². The summed E-state index contributed by atoms with van der Waals surface area (Å²) in [7, 11) is 0. The molecule has 0 radical (unpaired) electrons. The van der Waals surface area contributed by atoms with Gasteiger partial charge in [-0.05, 0) is 67.5 Å². The van der Waals surface area contributed by atoms with E-state index in [1.54, 1.807) is 32.0 Å². The third-order valence-corrected chi connectivity index (χ3v) is 10.8. The van der Waals surface area contributed by atoms with Gasteiger partial charge in [-0.2, -0.15) is 26.3 Å². The number of alkyl halides is 6. The molecule has 2 aromatic heterocycles. The Morgan fingerprint density at radius 2 is 1.82 bits per heavy atom. The van der Waals surface area contributed by atoms with Crippen LogP contribution in [0.15, 0.2) is 48.0 Å². The van der Waals surface area contributed by atoms with Crippen molar-refractivity contribution in [1.82, 2.24) is 14.8 Å². The highest BCUT2D eigenvalue weighted by Gasteiger charge is 2.57. The summed E-state index contributed by atoms with van der Waals surface area (Å²) < 4.78 is 89.8. The second kappa shape index (κ2) is 15.0. The van der Waals surface area contributed by atoms with Crippen LogP contribution in [-0.4, -0.2) is 61.9 Å². The zero-order valence-electron chi connectivity index (χ0n) is 27.7. The van der Waals surface area contributed by atoms with E-state index in [9.17, 15) is 41.0 Å². The van der Waals surface area contributed by atoms with Crippen LogP contribution >= 0.6 is 22.9 Å². The number of amides is 2. The molecule has 1 aromatic carbocycles. The second-order valence-electron chi connectivity index (χ2n) is 12.8. The number of carboxylic acids is 1. The number of hydrogen-bond acceptors (Lipinski definition) is 6. The van der Waals surface area contributed by atoms with E-state index in [2.05, 4.69) is 4.98 Å². The van der Waals surface area contributed by atoms with Crippen molar-refractivity contribution in [3.8, 4) is 5.75 Å². The molecule has 4 heterocycles. The molecule has 2 amide bonds. The van der Waals surface area contributed by atoms with Crippen molar-refractivity contribution in [2.24, 2.45) is 5.92 Å². The van der Waals surface area contributed by atoms with E-state index in [1.165, 1.54) is 4.90 Å². The summed E-state index contributed by atoms with van der Waals surface area (Å²) in [6.45, 7) is 3.34. The highest BCUT2D eigenvalue weighted by molar-refractivity contribution is 7.10. The lowest BCUT2D eigenvalue weighted by atomic mass is 9.78. The molecule has 0 spiro atoms. The van der Waals surface area contributed by atoms with Gasteiger partial charge < -0.3 is 19.6 Å². The van der Waals surface area contributed by atoms with Gasteiger partial charge in [-0.1, -0.05) is 37.9 Å². The van der Waals surface area contributed by atoms with Gasteiger partial charge in [0.1, 0.15) is 16.3 Å². The fraction of sp³-hybridized carbons (Fsp3) is 0.486. The van der Waals surface area contributed by atoms with Crippen LogP contribution < -0.4 is 4.74 Å². The molecule has 0 aliphatic carbocycles. The number of thiophene rings is 1. The summed E-state index contributed by atoms with van der Waals surface area (Å²) in [5.74, 6) is -4.02. The number of likely N-dealkylation sites (tertiary alicyclic amines) is 1. The number of carboxylic acid groups (broad SMARTS) is 1. The van der Waals surface area contributed by atoms with Crippen LogP contribution in [0.1, 0.15) is 84.4 Å². The molecule has 4 atom stereocenters. The molecule has 16 heteroatoms. The van der Waals surface area contributed by atoms with Crippen molar-refractivity contribution in [2.45, 2.75) is 95.4 Å². The SMILES string of the molecule is CCC[C@H]1N(C(=O)c2ncccc2C(F)(F)F)CCC[C@@]1(Oc1csc(C(F)(F)F)c1)C(=O)N1Cc2ccc(Cl)cc2C[C@@H]1C[C@H](CC)C(=O)O. The molecule has 2 aliphatic rings. The predicted octanol–water partition coefficient (Wildman–Crippen LogP) is 8.51. The van der Waals surface area contributed by atoms with Crippen molar-refractivity contribution < 1.29 is 50.6 Å². The normalized spacial score (nSPS) is 21.6. The molecule has 276 valence electrons. The molecule has 0 bridgehead atoms. The maximum absolute atomic E-state index is 15.3. The van der Waals surface area contributed by atoms with Crippen LogP contribution in [0.4, 0.5) is 26.3 Å². The number of carbonyl (C=O) groups excluding carboxylic acids is 2. The first-order valence-electron chi connectivity index (χ1n) is 16.5. The van der Waals surface area contributed by atoms with Gasteiger partial charge in [0.25, 0.3) is 11.8 Å². The second-order valence-corrected chi connectivity index (χ2v) is 14.2. The molecule has 0 unspecified atom stereocenters. The van der Waals surface area contributed by atoms with E-state index in [1.807, 2.05) is 0 Å². The van der Waals surface area contributed by atoms with E-state index in [4.69, 9.17) is 16.3 Å².